The molecule has 2 aliphatic carbocycles. The third-order valence-electron chi connectivity index (χ3n) is 5.67. The quantitative estimate of drug-likeness (QED) is 0.708. The fraction of sp³-hybridized carbons (Fsp3) is 0.600. The monoisotopic (exact) mass is 411 g/mol. The number of anilines is 1. The molecule has 0 bridgehead atoms. The standard InChI is InChI=1S/C20H24F3N3OS/c21-14-9-12(24-16-7-4-8-20(16,22)23)10-15-18(14)19(27)26-17(25-15)11-28-13-5-2-1-3-6-13/h9-10,13,16,24H,1-8,11H2,(H,25,26,27). The van der Waals surface area contributed by atoms with Gasteiger partial charge in [-0.3, -0.25) is 4.79 Å². The predicted molar refractivity (Wildman–Crippen MR) is 107 cm³/mol. The van der Waals surface area contributed by atoms with Crippen molar-refractivity contribution in [2.75, 3.05) is 5.32 Å². The molecule has 4 rings (SSSR count). The van der Waals surface area contributed by atoms with Gasteiger partial charge in [-0.25, -0.2) is 18.2 Å². The fourth-order valence-corrected chi connectivity index (χ4v) is 5.36. The van der Waals surface area contributed by atoms with Crippen LogP contribution in [0.2, 0.25) is 0 Å². The van der Waals surface area contributed by atoms with E-state index >= 15 is 0 Å². The third-order valence-corrected chi connectivity index (χ3v) is 7.05. The number of hydrogen-bond donors (Lipinski definition) is 2. The molecule has 0 aliphatic heterocycles. The van der Waals surface area contributed by atoms with E-state index in [2.05, 4.69) is 15.3 Å². The molecule has 2 aliphatic rings. The number of nitrogens with one attached hydrogen (secondary N) is 2. The summed E-state index contributed by atoms with van der Waals surface area (Å²) in [7, 11) is 0. The van der Waals surface area contributed by atoms with Crippen molar-refractivity contribution in [2.45, 2.75) is 74.3 Å². The average Bonchev–Trinajstić information content (AvgIpc) is 2.98. The van der Waals surface area contributed by atoms with Gasteiger partial charge in [0.1, 0.15) is 17.0 Å². The van der Waals surface area contributed by atoms with Gasteiger partial charge in [0.25, 0.3) is 11.5 Å². The predicted octanol–water partition coefficient (Wildman–Crippen LogP) is 5.23. The Balaban J connectivity index is 1.57. The van der Waals surface area contributed by atoms with Crippen LogP contribution in [0.25, 0.3) is 10.9 Å². The first-order valence-corrected chi connectivity index (χ1v) is 11.0. The summed E-state index contributed by atoms with van der Waals surface area (Å²) >= 11 is 1.76. The summed E-state index contributed by atoms with van der Waals surface area (Å²) in [6.07, 6.45) is 6.66. The van der Waals surface area contributed by atoms with E-state index in [0.717, 1.165) is 6.07 Å². The number of thioether (sulfide) groups is 1. The molecule has 2 fully saturated rings. The van der Waals surface area contributed by atoms with Crippen molar-refractivity contribution in [1.82, 2.24) is 9.97 Å². The minimum atomic E-state index is -2.81. The Morgan fingerprint density at radius 2 is 1.96 bits per heavy atom. The van der Waals surface area contributed by atoms with Crippen molar-refractivity contribution >= 4 is 28.4 Å². The van der Waals surface area contributed by atoms with E-state index in [0.29, 0.717) is 29.7 Å². The Bertz CT molecular complexity index is 911. The molecule has 1 aromatic heterocycles. The van der Waals surface area contributed by atoms with Gasteiger partial charge in [-0.2, -0.15) is 11.8 Å². The van der Waals surface area contributed by atoms with Crippen LogP contribution in [0.15, 0.2) is 16.9 Å². The molecule has 1 atom stereocenters. The topological polar surface area (TPSA) is 57.8 Å². The summed E-state index contributed by atoms with van der Waals surface area (Å²) in [4.78, 5) is 19.4. The highest BCUT2D eigenvalue weighted by Crippen LogP contribution is 2.37. The highest BCUT2D eigenvalue weighted by molar-refractivity contribution is 7.99. The summed E-state index contributed by atoms with van der Waals surface area (Å²) in [6, 6.07) is 1.58. The number of aromatic amines is 1. The van der Waals surface area contributed by atoms with Crippen molar-refractivity contribution in [3.63, 3.8) is 0 Å². The first-order valence-electron chi connectivity index (χ1n) is 9.91. The molecular formula is C20H24F3N3OS. The maximum atomic E-state index is 14.5. The summed E-state index contributed by atoms with van der Waals surface area (Å²) in [6.45, 7) is 0. The van der Waals surface area contributed by atoms with Crippen LogP contribution in [0.5, 0.6) is 0 Å². The Labute approximate surface area is 165 Å². The van der Waals surface area contributed by atoms with Gasteiger partial charge in [0, 0.05) is 17.4 Å². The second-order valence-electron chi connectivity index (χ2n) is 7.79. The van der Waals surface area contributed by atoms with E-state index in [1.165, 1.54) is 38.2 Å². The molecule has 2 aromatic rings. The van der Waals surface area contributed by atoms with Crippen LogP contribution in [0.4, 0.5) is 18.9 Å². The molecule has 28 heavy (non-hydrogen) atoms. The van der Waals surface area contributed by atoms with Gasteiger partial charge in [-0.1, -0.05) is 19.3 Å². The highest BCUT2D eigenvalue weighted by atomic mass is 32.2. The number of hydrogen-bond acceptors (Lipinski definition) is 4. The first-order chi connectivity index (χ1) is 13.4. The second kappa shape index (κ2) is 7.97. The van der Waals surface area contributed by atoms with E-state index < -0.39 is 23.3 Å². The third kappa shape index (κ3) is 4.16. The molecule has 1 heterocycles. The van der Waals surface area contributed by atoms with Gasteiger partial charge in [0.2, 0.25) is 0 Å². The summed E-state index contributed by atoms with van der Waals surface area (Å²) < 4.78 is 42.3. The number of aromatic nitrogens is 2. The van der Waals surface area contributed by atoms with Crippen LogP contribution in [-0.4, -0.2) is 27.2 Å². The van der Waals surface area contributed by atoms with E-state index in [-0.39, 0.29) is 23.0 Å². The summed E-state index contributed by atoms with van der Waals surface area (Å²) in [5.41, 5.74) is -0.0909. The molecule has 4 nitrogen and oxygen atoms in total. The van der Waals surface area contributed by atoms with Crippen LogP contribution in [0.3, 0.4) is 0 Å². The highest BCUT2D eigenvalue weighted by Gasteiger charge is 2.43. The smallest absolute Gasteiger partial charge is 0.267 e. The molecule has 0 saturated heterocycles. The molecular weight excluding hydrogens is 387 g/mol. The average molecular weight is 411 g/mol. The number of benzene rings is 1. The molecule has 2 saturated carbocycles. The molecule has 8 heteroatoms. The van der Waals surface area contributed by atoms with E-state index in [4.69, 9.17) is 0 Å². The van der Waals surface area contributed by atoms with Crippen LogP contribution in [-0.2, 0) is 5.75 Å². The van der Waals surface area contributed by atoms with Crippen molar-refractivity contribution < 1.29 is 13.2 Å². The van der Waals surface area contributed by atoms with E-state index in [1.54, 1.807) is 11.8 Å². The lowest BCUT2D eigenvalue weighted by Gasteiger charge is -2.22. The van der Waals surface area contributed by atoms with Gasteiger partial charge >= 0.3 is 0 Å². The molecule has 0 radical (unpaired) electrons. The van der Waals surface area contributed by atoms with Crippen LogP contribution >= 0.6 is 11.8 Å². The lowest BCUT2D eigenvalue weighted by atomic mass is 10.0. The van der Waals surface area contributed by atoms with E-state index in [1.807, 2.05) is 0 Å². The largest absolute Gasteiger partial charge is 0.376 e. The number of alkyl halides is 2. The zero-order valence-corrected chi connectivity index (χ0v) is 16.4. The zero-order valence-electron chi connectivity index (χ0n) is 15.6. The van der Waals surface area contributed by atoms with Gasteiger partial charge in [0.15, 0.2) is 0 Å². The van der Waals surface area contributed by atoms with Gasteiger partial charge in [-0.15, -0.1) is 0 Å². The number of H-pyrrole nitrogens is 1. The van der Waals surface area contributed by atoms with Gasteiger partial charge in [-0.05, 0) is 37.8 Å². The zero-order chi connectivity index (χ0) is 19.7. The minimum absolute atomic E-state index is 0.129. The van der Waals surface area contributed by atoms with Crippen molar-refractivity contribution in [2.24, 2.45) is 0 Å². The van der Waals surface area contributed by atoms with Crippen molar-refractivity contribution in [3.05, 3.63) is 34.1 Å². The number of nitrogens with zero attached hydrogens (tertiary/aromatic N) is 1. The van der Waals surface area contributed by atoms with E-state index in [9.17, 15) is 18.0 Å². The first kappa shape index (κ1) is 19.6. The second-order valence-corrected chi connectivity index (χ2v) is 9.07. The Kier molecular flexibility index (Phi) is 5.58. The maximum absolute atomic E-state index is 14.5. The van der Waals surface area contributed by atoms with Crippen LogP contribution in [0.1, 0.15) is 57.2 Å². The summed E-state index contributed by atoms with van der Waals surface area (Å²) in [5.74, 6) is -2.51. The Morgan fingerprint density at radius 1 is 1.18 bits per heavy atom. The Morgan fingerprint density at radius 3 is 2.68 bits per heavy atom. The molecule has 2 N–H and O–H groups in total. The van der Waals surface area contributed by atoms with Crippen LogP contribution < -0.4 is 10.9 Å². The Hall–Kier alpha value is -1.70. The van der Waals surface area contributed by atoms with Gasteiger partial charge in [0.05, 0.1) is 17.3 Å². The molecule has 0 spiro atoms. The number of halogens is 3. The SMILES string of the molecule is O=c1[nH]c(CSC2CCCCC2)nc2cc(NC3CCCC3(F)F)cc(F)c12. The molecule has 1 unspecified atom stereocenters. The number of rotatable bonds is 5. The molecule has 152 valence electrons. The van der Waals surface area contributed by atoms with Gasteiger partial charge < -0.3 is 10.3 Å². The normalized spacial score (nSPS) is 22.6. The maximum Gasteiger partial charge on any atom is 0.267 e. The summed E-state index contributed by atoms with van der Waals surface area (Å²) in [5, 5.41) is 3.17. The van der Waals surface area contributed by atoms with Crippen LogP contribution in [0, 0.1) is 5.82 Å². The fourth-order valence-electron chi connectivity index (χ4n) is 4.16. The van der Waals surface area contributed by atoms with Crippen molar-refractivity contribution in [1.29, 1.82) is 0 Å². The lowest BCUT2D eigenvalue weighted by Crippen LogP contribution is -2.34. The molecule has 0 amide bonds. The molecule has 1 aromatic carbocycles. The minimum Gasteiger partial charge on any atom is -0.376 e. The van der Waals surface area contributed by atoms with Crippen molar-refractivity contribution in [3.8, 4) is 0 Å². The number of fused-ring (bicyclic) bond motifs is 1. The lowest BCUT2D eigenvalue weighted by molar-refractivity contribution is -0.000592.